The van der Waals surface area contributed by atoms with Crippen molar-refractivity contribution in [3.05, 3.63) is 60.3 Å². The zero-order valence-corrected chi connectivity index (χ0v) is 15.9. The first-order valence-electron chi connectivity index (χ1n) is 8.61. The lowest BCUT2D eigenvalue weighted by molar-refractivity contribution is 0.189. The number of rotatable bonds is 5. The Labute approximate surface area is 158 Å². The van der Waals surface area contributed by atoms with E-state index in [1.54, 1.807) is 30.0 Å². The minimum atomic E-state index is -3.52. The van der Waals surface area contributed by atoms with Gasteiger partial charge in [-0.25, -0.2) is 13.1 Å². The maximum atomic E-state index is 12.8. The van der Waals surface area contributed by atoms with Gasteiger partial charge in [-0.1, -0.05) is 35.5 Å². The second kappa shape index (κ2) is 6.79. The highest BCUT2D eigenvalue weighted by Crippen LogP contribution is 2.30. The zero-order chi connectivity index (χ0) is 19.0. The Bertz CT molecular complexity index is 1060. The quantitative estimate of drug-likeness (QED) is 0.675. The average molecular weight is 384 g/mol. The molecule has 0 bridgehead atoms. The molecule has 1 aliphatic rings. The van der Waals surface area contributed by atoms with E-state index in [2.05, 4.69) is 10.3 Å². The lowest BCUT2D eigenvalue weighted by atomic mass is 10.1. The molecule has 0 spiro atoms. The smallest absolute Gasteiger partial charge is 0.243 e. The third-order valence-corrected chi connectivity index (χ3v) is 6.61. The van der Waals surface area contributed by atoms with E-state index in [1.165, 1.54) is 4.31 Å². The van der Waals surface area contributed by atoms with Crippen LogP contribution in [0.1, 0.15) is 11.6 Å². The molecule has 7 nitrogen and oxygen atoms in total. The summed E-state index contributed by atoms with van der Waals surface area (Å²) >= 11 is 0. The van der Waals surface area contributed by atoms with E-state index < -0.39 is 10.0 Å². The third kappa shape index (κ3) is 3.22. The van der Waals surface area contributed by atoms with Crippen LogP contribution in [-0.4, -0.2) is 47.9 Å². The molecule has 1 aromatic heterocycles. The summed E-state index contributed by atoms with van der Waals surface area (Å²) in [5.74, 6) is 0.673. The van der Waals surface area contributed by atoms with Crippen molar-refractivity contribution in [2.75, 3.05) is 20.2 Å². The van der Waals surface area contributed by atoms with Gasteiger partial charge in [0.2, 0.25) is 10.0 Å². The molecule has 1 fully saturated rings. The summed E-state index contributed by atoms with van der Waals surface area (Å²) in [5, 5.41) is 8.37. The van der Waals surface area contributed by atoms with Crippen molar-refractivity contribution in [3.8, 4) is 17.0 Å². The molecule has 8 heteroatoms. The molecule has 0 aliphatic carbocycles. The second-order valence-corrected chi connectivity index (χ2v) is 8.50. The number of methoxy groups -OCH3 is 1. The Hall–Kier alpha value is -2.71. The number of aromatic nitrogens is 3. The fraction of sp³-hybridized carbons (Fsp3) is 0.263. The fourth-order valence-corrected chi connectivity index (χ4v) is 4.74. The Kier molecular flexibility index (Phi) is 4.45. The highest BCUT2D eigenvalue weighted by molar-refractivity contribution is 7.89. The molecule has 0 atom stereocenters. The molecular formula is C19H20N4O3S. The molecule has 1 aliphatic heterocycles. The van der Waals surface area contributed by atoms with Crippen LogP contribution in [0.4, 0.5) is 0 Å². The van der Waals surface area contributed by atoms with Gasteiger partial charge in [-0.05, 0) is 30.7 Å². The Morgan fingerprint density at radius 2 is 1.85 bits per heavy atom. The maximum absolute atomic E-state index is 12.8. The molecule has 0 amide bonds. The summed E-state index contributed by atoms with van der Waals surface area (Å²) in [5.41, 5.74) is 2.56. The number of benzene rings is 2. The SMILES string of the molecule is COc1ccc(S(=O)(=O)N2CC(n3cc(-c4ccccc4)nn3)C2)cc1C. The predicted molar refractivity (Wildman–Crippen MR) is 101 cm³/mol. The van der Waals surface area contributed by atoms with Crippen LogP contribution in [0.3, 0.4) is 0 Å². The lowest BCUT2D eigenvalue weighted by Crippen LogP contribution is -2.50. The van der Waals surface area contributed by atoms with Gasteiger partial charge in [0.05, 0.1) is 24.2 Å². The third-order valence-electron chi connectivity index (χ3n) is 4.79. The molecule has 1 saturated heterocycles. The first-order chi connectivity index (χ1) is 13.0. The first-order valence-corrected chi connectivity index (χ1v) is 10.0. The van der Waals surface area contributed by atoms with Gasteiger partial charge in [0.1, 0.15) is 11.4 Å². The molecule has 4 rings (SSSR count). The summed E-state index contributed by atoms with van der Waals surface area (Å²) in [6.07, 6.45) is 1.86. The number of hydrogen-bond acceptors (Lipinski definition) is 5. The molecule has 27 heavy (non-hydrogen) atoms. The van der Waals surface area contributed by atoms with E-state index in [-0.39, 0.29) is 10.9 Å². The van der Waals surface area contributed by atoms with Crippen LogP contribution in [0, 0.1) is 6.92 Å². The first kappa shape index (κ1) is 17.7. The Morgan fingerprint density at radius 1 is 1.11 bits per heavy atom. The normalized spacial score (nSPS) is 15.5. The summed E-state index contributed by atoms with van der Waals surface area (Å²) in [4.78, 5) is 0.280. The van der Waals surface area contributed by atoms with Gasteiger partial charge in [-0.3, -0.25) is 0 Å². The van der Waals surface area contributed by atoms with Gasteiger partial charge in [-0.15, -0.1) is 5.10 Å². The zero-order valence-electron chi connectivity index (χ0n) is 15.1. The van der Waals surface area contributed by atoms with Crippen LogP contribution in [0.25, 0.3) is 11.3 Å². The van der Waals surface area contributed by atoms with Crippen molar-refractivity contribution in [2.24, 2.45) is 0 Å². The maximum Gasteiger partial charge on any atom is 0.243 e. The molecule has 0 saturated carbocycles. The molecule has 0 radical (unpaired) electrons. The van der Waals surface area contributed by atoms with Gasteiger partial charge in [-0.2, -0.15) is 4.31 Å². The Morgan fingerprint density at radius 3 is 2.52 bits per heavy atom. The number of hydrogen-bond donors (Lipinski definition) is 0. The van der Waals surface area contributed by atoms with E-state index in [1.807, 2.05) is 43.5 Å². The van der Waals surface area contributed by atoms with Gasteiger partial charge >= 0.3 is 0 Å². The molecule has 2 heterocycles. The highest BCUT2D eigenvalue weighted by atomic mass is 32.2. The largest absolute Gasteiger partial charge is 0.496 e. The number of nitrogens with zero attached hydrogens (tertiary/aromatic N) is 4. The molecule has 0 N–H and O–H groups in total. The van der Waals surface area contributed by atoms with E-state index in [9.17, 15) is 8.42 Å². The average Bonchev–Trinajstić information content (AvgIpc) is 3.10. The van der Waals surface area contributed by atoms with Gasteiger partial charge in [0.15, 0.2) is 0 Å². The summed E-state index contributed by atoms with van der Waals surface area (Å²) in [7, 11) is -1.95. The molecular weight excluding hydrogens is 364 g/mol. The highest BCUT2D eigenvalue weighted by Gasteiger charge is 2.38. The van der Waals surface area contributed by atoms with E-state index in [0.717, 1.165) is 16.8 Å². The van der Waals surface area contributed by atoms with Crippen molar-refractivity contribution >= 4 is 10.0 Å². The van der Waals surface area contributed by atoms with Crippen molar-refractivity contribution < 1.29 is 13.2 Å². The van der Waals surface area contributed by atoms with Crippen molar-refractivity contribution in [2.45, 2.75) is 17.9 Å². The van der Waals surface area contributed by atoms with Crippen LogP contribution >= 0.6 is 0 Å². The second-order valence-electron chi connectivity index (χ2n) is 6.56. The summed E-state index contributed by atoms with van der Waals surface area (Å²) < 4.78 is 34.0. The van der Waals surface area contributed by atoms with Crippen LogP contribution < -0.4 is 4.74 Å². The summed E-state index contributed by atoms with van der Waals surface area (Å²) in [6.45, 7) is 2.59. The predicted octanol–water partition coefficient (Wildman–Crippen LogP) is 2.51. The van der Waals surface area contributed by atoms with Crippen molar-refractivity contribution in [3.63, 3.8) is 0 Å². The van der Waals surface area contributed by atoms with Gasteiger partial charge < -0.3 is 4.74 Å². The van der Waals surface area contributed by atoms with Gasteiger partial charge in [0.25, 0.3) is 0 Å². The molecule has 2 aromatic carbocycles. The lowest BCUT2D eigenvalue weighted by Gasteiger charge is -2.37. The fourth-order valence-electron chi connectivity index (χ4n) is 3.14. The van der Waals surface area contributed by atoms with Crippen LogP contribution in [0.2, 0.25) is 0 Å². The molecule has 0 unspecified atom stereocenters. The molecule has 3 aromatic rings. The number of sulfonamides is 1. The van der Waals surface area contributed by atoms with Gasteiger partial charge in [0, 0.05) is 18.7 Å². The summed E-state index contributed by atoms with van der Waals surface area (Å²) in [6, 6.07) is 14.7. The standard InChI is InChI=1S/C19H20N4O3S/c1-14-10-17(8-9-19(14)26-2)27(24,25)22-11-16(12-22)23-13-18(20-21-23)15-6-4-3-5-7-15/h3-10,13,16H,11-12H2,1-2H3. The minimum absolute atomic E-state index is 0.0101. The monoisotopic (exact) mass is 384 g/mol. The van der Waals surface area contributed by atoms with E-state index in [0.29, 0.717) is 18.8 Å². The number of ether oxygens (including phenoxy) is 1. The molecule has 140 valence electrons. The van der Waals surface area contributed by atoms with E-state index >= 15 is 0 Å². The minimum Gasteiger partial charge on any atom is -0.496 e. The van der Waals surface area contributed by atoms with Crippen LogP contribution in [0.5, 0.6) is 5.75 Å². The topological polar surface area (TPSA) is 77.3 Å². The van der Waals surface area contributed by atoms with Crippen molar-refractivity contribution in [1.29, 1.82) is 0 Å². The van der Waals surface area contributed by atoms with E-state index in [4.69, 9.17) is 4.74 Å². The number of aryl methyl sites for hydroxylation is 1. The van der Waals surface area contributed by atoms with Crippen molar-refractivity contribution in [1.82, 2.24) is 19.3 Å². The van der Waals surface area contributed by atoms with Crippen LogP contribution in [-0.2, 0) is 10.0 Å². The Balaban J connectivity index is 1.47. The van der Waals surface area contributed by atoms with Crippen LogP contribution in [0.15, 0.2) is 59.6 Å².